The molecular formula is C11H13F3N2OS2. The van der Waals surface area contributed by atoms with Crippen LogP contribution in [0.25, 0.3) is 0 Å². The maximum atomic E-state index is 12.1. The number of rotatable bonds is 4. The third-order valence-corrected chi connectivity index (χ3v) is 4.47. The number of amides is 1. The Hall–Kier alpha value is -0.730. The fraction of sp³-hybridized carbons (Fsp3) is 0.545. The zero-order valence-corrected chi connectivity index (χ0v) is 11.8. The van der Waals surface area contributed by atoms with Crippen molar-refractivity contribution in [2.24, 2.45) is 0 Å². The molecule has 106 valence electrons. The molecule has 1 unspecified atom stereocenters. The van der Waals surface area contributed by atoms with E-state index in [1.54, 1.807) is 11.3 Å². The average Bonchev–Trinajstić information content (AvgIpc) is 2.85. The number of hydrogen-bond donors (Lipinski definition) is 1. The Morgan fingerprint density at radius 1 is 1.53 bits per heavy atom. The van der Waals surface area contributed by atoms with Crippen LogP contribution in [0.5, 0.6) is 0 Å². The number of carbonyl (C=O) groups is 1. The van der Waals surface area contributed by atoms with Gasteiger partial charge in [-0.15, -0.1) is 11.3 Å². The first-order chi connectivity index (χ1) is 8.87. The van der Waals surface area contributed by atoms with E-state index in [-0.39, 0.29) is 42.7 Å². The molecule has 1 atom stereocenters. The molecule has 1 N–H and O–H groups in total. The number of aryl methyl sites for hydroxylation is 1. The molecule has 0 radical (unpaired) electrons. The van der Waals surface area contributed by atoms with Crippen LogP contribution in [0, 0.1) is 6.92 Å². The number of nitrogens with zero attached hydrogens (tertiary/aromatic N) is 1. The molecule has 19 heavy (non-hydrogen) atoms. The minimum Gasteiger partial charge on any atom is -0.320 e. The van der Waals surface area contributed by atoms with Crippen LogP contribution in [0.3, 0.4) is 0 Å². The van der Waals surface area contributed by atoms with E-state index in [2.05, 4.69) is 5.32 Å². The van der Waals surface area contributed by atoms with Crippen LogP contribution >= 0.6 is 23.1 Å². The van der Waals surface area contributed by atoms with Crippen LogP contribution in [0.15, 0.2) is 12.1 Å². The van der Waals surface area contributed by atoms with Crippen molar-refractivity contribution in [1.82, 2.24) is 10.2 Å². The van der Waals surface area contributed by atoms with Gasteiger partial charge in [0.25, 0.3) is 0 Å². The zero-order valence-electron chi connectivity index (χ0n) is 10.2. The van der Waals surface area contributed by atoms with Gasteiger partial charge in [0, 0.05) is 22.1 Å². The molecule has 2 rings (SSSR count). The van der Waals surface area contributed by atoms with Gasteiger partial charge in [0.15, 0.2) is 0 Å². The van der Waals surface area contributed by atoms with E-state index in [1.165, 1.54) is 4.90 Å². The third-order valence-electron chi connectivity index (χ3n) is 2.71. The zero-order chi connectivity index (χ0) is 14.0. The number of thiophene rings is 1. The highest BCUT2D eigenvalue weighted by atomic mass is 32.2. The Bertz CT molecular complexity index is 461. The van der Waals surface area contributed by atoms with E-state index >= 15 is 0 Å². The van der Waals surface area contributed by atoms with Gasteiger partial charge in [0.1, 0.15) is 6.17 Å². The summed E-state index contributed by atoms with van der Waals surface area (Å²) in [6, 6.07) is 3.84. The Balaban J connectivity index is 1.98. The Morgan fingerprint density at radius 3 is 2.84 bits per heavy atom. The predicted octanol–water partition coefficient (Wildman–Crippen LogP) is 2.74. The fourth-order valence-corrected chi connectivity index (χ4v) is 3.39. The monoisotopic (exact) mass is 310 g/mol. The number of thioether (sulfide) groups is 1. The Labute approximate surface area is 117 Å². The molecule has 0 aromatic carbocycles. The molecule has 0 bridgehead atoms. The van der Waals surface area contributed by atoms with Gasteiger partial charge in [-0.1, -0.05) is 0 Å². The highest BCUT2D eigenvalue weighted by molar-refractivity contribution is 8.00. The molecule has 1 aromatic rings. The summed E-state index contributed by atoms with van der Waals surface area (Å²) in [5.74, 6) is -0.295. The summed E-state index contributed by atoms with van der Waals surface area (Å²) >= 11 is 1.45. The summed E-state index contributed by atoms with van der Waals surface area (Å²) in [6.07, 6.45) is -0.292. The normalized spacial score (nSPS) is 20.3. The van der Waals surface area contributed by atoms with Crippen molar-refractivity contribution in [1.29, 1.82) is 0 Å². The van der Waals surface area contributed by atoms with Crippen molar-refractivity contribution in [2.45, 2.75) is 18.6 Å². The summed E-state index contributed by atoms with van der Waals surface area (Å²) in [5.41, 5.74) is -4.24. The molecule has 0 aliphatic carbocycles. The maximum Gasteiger partial charge on any atom is 0.441 e. The first-order valence-electron chi connectivity index (χ1n) is 5.67. The van der Waals surface area contributed by atoms with E-state index < -0.39 is 5.51 Å². The average molecular weight is 310 g/mol. The van der Waals surface area contributed by atoms with Crippen molar-refractivity contribution in [3.05, 3.63) is 21.9 Å². The number of nitrogens with one attached hydrogen (secondary N) is 1. The quantitative estimate of drug-likeness (QED) is 0.928. The van der Waals surface area contributed by atoms with Gasteiger partial charge in [-0.2, -0.15) is 13.2 Å². The lowest BCUT2D eigenvalue weighted by atomic mass is 10.3. The largest absolute Gasteiger partial charge is 0.441 e. The van der Waals surface area contributed by atoms with Gasteiger partial charge in [-0.3, -0.25) is 10.1 Å². The fourth-order valence-electron chi connectivity index (χ4n) is 1.91. The molecule has 0 saturated carbocycles. The molecule has 0 spiro atoms. The Morgan fingerprint density at radius 2 is 2.26 bits per heavy atom. The van der Waals surface area contributed by atoms with Crippen LogP contribution < -0.4 is 5.32 Å². The number of halogens is 3. The maximum absolute atomic E-state index is 12.1. The van der Waals surface area contributed by atoms with Crippen molar-refractivity contribution in [3.63, 3.8) is 0 Å². The first kappa shape index (κ1) is 14.7. The second kappa shape index (κ2) is 5.72. The first-order valence-corrected chi connectivity index (χ1v) is 7.47. The van der Waals surface area contributed by atoms with E-state index in [0.29, 0.717) is 0 Å². The van der Waals surface area contributed by atoms with Crippen LogP contribution in [0.4, 0.5) is 13.2 Å². The topological polar surface area (TPSA) is 32.3 Å². The highest BCUT2D eigenvalue weighted by Gasteiger charge is 2.34. The van der Waals surface area contributed by atoms with Crippen molar-refractivity contribution in [2.75, 3.05) is 18.8 Å². The molecule has 1 aliphatic rings. The van der Waals surface area contributed by atoms with Gasteiger partial charge in [0.2, 0.25) is 5.91 Å². The SMILES string of the molecule is Cc1ccc(C2NCC(=O)N2CCSC(F)(F)F)s1. The minimum atomic E-state index is -4.24. The lowest BCUT2D eigenvalue weighted by molar-refractivity contribution is -0.127. The number of carbonyl (C=O) groups excluding carboxylic acids is 1. The van der Waals surface area contributed by atoms with Crippen molar-refractivity contribution >= 4 is 29.0 Å². The summed E-state index contributed by atoms with van der Waals surface area (Å²) in [7, 11) is 0. The standard InChI is InChI=1S/C11H13F3N2OS2/c1-7-2-3-8(19-7)10-15-6-9(17)16(10)4-5-18-11(12,13)14/h2-3,10,15H,4-6H2,1H3. The second-order valence-electron chi connectivity index (χ2n) is 4.11. The third kappa shape index (κ3) is 3.87. The van der Waals surface area contributed by atoms with Crippen molar-refractivity contribution in [3.8, 4) is 0 Å². The summed E-state index contributed by atoms with van der Waals surface area (Å²) in [6.45, 7) is 2.23. The van der Waals surface area contributed by atoms with Crippen LogP contribution in [-0.4, -0.2) is 35.2 Å². The van der Waals surface area contributed by atoms with E-state index in [9.17, 15) is 18.0 Å². The lowest BCUT2D eigenvalue weighted by Gasteiger charge is -2.23. The van der Waals surface area contributed by atoms with Crippen LogP contribution in [-0.2, 0) is 4.79 Å². The molecule has 2 heterocycles. The van der Waals surface area contributed by atoms with Gasteiger partial charge >= 0.3 is 5.51 Å². The summed E-state index contributed by atoms with van der Waals surface area (Å²) in [4.78, 5) is 15.2. The van der Waals surface area contributed by atoms with E-state index in [0.717, 1.165) is 9.75 Å². The Kier molecular flexibility index (Phi) is 4.42. The molecular weight excluding hydrogens is 297 g/mol. The number of alkyl halides is 3. The summed E-state index contributed by atoms with van der Waals surface area (Å²) in [5, 5.41) is 3.03. The molecule has 1 fully saturated rings. The second-order valence-corrected chi connectivity index (χ2v) is 6.59. The molecule has 8 heteroatoms. The van der Waals surface area contributed by atoms with E-state index in [1.807, 2.05) is 19.1 Å². The molecule has 1 saturated heterocycles. The highest BCUT2D eigenvalue weighted by Crippen LogP contribution is 2.32. The smallest absolute Gasteiger partial charge is 0.320 e. The summed E-state index contributed by atoms with van der Waals surface area (Å²) < 4.78 is 36.3. The molecule has 1 amide bonds. The lowest BCUT2D eigenvalue weighted by Crippen LogP contribution is -2.32. The van der Waals surface area contributed by atoms with Gasteiger partial charge in [0.05, 0.1) is 6.54 Å². The minimum absolute atomic E-state index is 0.0934. The van der Waals surface area contributed by atoms with Crippen molar-refractivity contribution < 1.29 is 18.0 Å². The van der Waals surface area contributed by atoms with Gasteiger partial charge in [-0.05, 0) is 30.8 Å². The van der Waals surface area contributed by atoms with Crippen LogP contribution in [0.1, 0.15) is 15.9 Å². The molecule has 3 nitrogen and oxygen atoms in total. The molecule has 1 aliphatic heterocycles. The molecule has 1 aromatic heterocycles. The van der Waals surface area contributed by atoms with Gasteiger partial charge in [-0.25, -0.2) is 0 Å². The van der Waals surface area contributed by atoms with Crippen LogP contribution in [0.2, 0.25) is 0 Å². The predicted molar refractivity (Wildman–Crippen MR) is 70.0 cm³/mol. The van der Waals surface area contributed by atoms with Gasteiger partial charge < -0.3 is 4.90 Å². The van der Waals surface area contributed by atoms with E-state index in [4.69, 9.17) is 0 Å². The number of hydrogen-bond acceptors (Lipinski definition) is 4.